The first-order valence-electron chi connectivity index (χ1n) is 7.96. The summed E-state index contributed by atoms with van der Waals surface area (Å²) in [5.74, 6) is 1.08. The van der Waals surface area contributed by atoms with Crippen molar-refractivity contribution in [2.45, 2.75) is 33.2 Å². The molecular weight excluding hydrogens is 288 g/mol. The summed E-state index contributed by atoms with van der Waals surface area (Å²) in [6.07, 6.45) is 4.23. The zero-order valence-electron chi connectivity index (χ0n) is 13.6. The maximum atomic E-state index is 5.83. The van der Waals surface area contributed by atoms with Gasteiger partial charge in [0, 0.05) is 18.4 Å². The van der Waals surface area contributed by atoms with Gasteiger partial charge in [0.1, 0.15) is 5.52 Å². The molecule has 3 aromatic heterocycles. The lowest BCUT2D eigenvalue weighted by Crippen LogP contribution is -2.09. The van der Waals surface area contributed by atoms with Gasteiger partial charge in [0.15, 0.2) is 5.82 Å². The fourth-order valence-electron chi connectivity index (χ4n) is 2.63. The predicted molar refractivity (Wildman–Crippen MR) is 93.4 cm³/mol. The van der Waals surface area contributed by atoms with Crippen LogP contribution in [0.5, 0.6) is 0 Å². The minimum Gasteiger partial charge on any atom is -0.368 e. The maximum absolute atomic E-state index is 5.83. The van der Waals surface area contributed by atoms with Gasteiger partial charge in [-0.3, -0.25) is 4.98 Å². The zero-order chi connectivity index (χ0) is 16.2. The number of rotatable bonds is 6. The van der Waals surface area contributed by atoms with Crippen LogP contribution in [0.25, 0.3) is 11.0 Å². The van der Waals surface area contributed by atoms with E-state index in [1.165, 1.54) is 0 Å². The lowest BCUT2D eigenvalue weighted by molar-refractivity contribution is 0.797. The summed E-state index contributed by atoms with van der Waals surface area (Å²) in [6.45, 7) is 5.72. The molecule has 0 fully saturated rings. The summed E-state index contributed by atoms with van der Waals surface area (Å²) in [4.78, 5) is 13.3. The van der Waals surface area contributed by atoms with Gasteiger partial charge in [-0.1, -0.05) is 19.4 Å². The first kappa shape index (κ1) is 15.3. The second-order valence-corrected chi connectivity index (χ2v) is 5.66. The van der Waals surface area contributed by atoms with Gasteiger partial charge in [0.25, 0.3) is 0 Å². The van der Waals surface area contributed by atoms with Crippen LogP contribution >= 0.6 is 0 Å². The van der Waals surface area contributed by atoms with Crippen molar-refractivity contribution in [2.75, 3.05) is 17.6 Å². The van der Waals surface area contributed by atoms with E-state index >= 15 is 0 Å². The van der Waals surface area contributed by atoms with Crippen molar-refractivity contribution in [3.63, 3.8) is 0 Å². The molecular formula is C17H22N6. The molecule has 0 aliphatic rings. The van der Waals surface area contributed by atoms with E-state index in [2.05, 4.69) is 31.8 Å². The van der Waals surface area contributed by atoms with Crippen molar-refractivity contribution in [1.82, 2.24) is 19.5 Å². The Hall–Kier alpha value is -2.63. The number of fused-ring (bicyclic) bond motifs is 1. The largest absolute Gasteiger partial charge is 0.368 e. The summed E-state index contributed by atoms with van der Waals surface area (Å²) in [7, 11) is 0. The molecule has 0 amide bonds. The monoisotopic (exact) mass is 310 g/mol. The van der Waals surface area contributed by atoms with Crippen LogP contribution in [0.3, 0.4) is 0 Å². The zero-order valence-corrected chi connectivity index (χ0v) is 13.6. The molecule has 120 valence electrons. The molecule has 0 saturated carbocycles. The number of aryl methyl sites for hydroxylation is 1. The molecule has 0 aliphatic carbocycles. The van der Waals surface area contributed by atoms with Crippen LogP contribution in [0.1, 0.15) is 31.2 Å². The summed E-state index contributed by atoms with van der Waals surface area (Å²) in [5.41, 5.74) is 9.68. The van der Waals surface area contributed by atoms with Crippen molar-refractivity contribution in [3.8, 4) is 0 Å². The fourth-order valence-corrected chi connectivity index (χ4v) is 2.63. The number of pyridine rings is 1. The molecule has 23 heavy (non-hydrogen) atoms. The van der Waals surface area contributed by atoms with E-state index in [9.17, 15) is 0 Å². The Kier molecular flexibility index (Phi) is 4.41. The van der Waals surface area contributed by atoms with Gasteiger partial charge < -0.3 is 15.6 Å². The first-order valence-corrected chi connectivity index (χ1v) is 7.96. The van der Waals surface area contributed by atoms with Crippen LogP contribution in [-0.2, 0) is 6.54 Å². The van der Waals surface area contributed by atoms with Crippen molar-refractivity contribution < 1.29 is 0 Å². The Bertz CT molecular complexity index is 808. The molecule has 0 unspecified atom stereocenters. The summed E-state index contributed by atoms with van der Waals surface area (Å²) in [5, 5.41) is 3.38. The third-order valence-electron chi connectivity index (χ3n) is 3.73. The van der Waals surface area contributed by atoms with E-state index in [1.807, 2.05) is 37.4 Å². The number of nitrogen functional groups attached to an aromatic ring is 1. The molecule has 3 rings (SSSR count). The van der Waals surface area contributed by atoms with E-state index in [1.54, 1.807) is 0 Å². The Balaban J connectivity index is 1.97. The quantitative estimate of drug-likeness (QED) is 0.684. The number of nitrogens with zero attached hydrogens (tertiary/aromatic N) is 4. The topological polar surface area (TPSA) is 81.6 Å². The van der Waals surface area contributed by atoms with E-state index < -0.39 is 0 Å². The molecule has 3 aromatic rings. The van der Waals surface area contributed by atoms with E-state index in [-0.39, 0.29) is 0 Å². The SMILES string of the molecule is CCCCNc1nc(N)nc2ccn(Cc3cccc(C)n3)c12. The van der Waals surface area contributed by atoms with Crippen molar-refractivity contribution in [2.24, 2.45) is 0 Å². The smallest absolute Gasteiger partial charge is 0.222 e. The van der Waals surface area contributed by atoms with Crippen molar-refractivity contribution >= 4 is 22.8 Å². The van der Waals surface area contributed by atoms with Crippen LogP contribution in [0, 0.1) is 6.92 Å². The van der Waals surface area contributed by atoms with Crippen LogP contribution in [0.2, 0.25) is 0 Å². The van der Waals surface area contributed by atoms with Gasteiger partial charge in [-0.05, 0) is 31.5 Å². The van der Waals surface area contributed by atoms with E-state index in [0.717, 1.165) is 47.6 Å². The second-order valence-electron chi connectivity index (χ2n) is 5.66. The number of nitrogens with one attached hydrogen (secondary N) is 1. The molecule has 0 atom stereocenters. The Labute approximate surface area is 135 Å². The number of hydrogen-bond donors (Lipinski definition) is 2. The Morgan fingerprint density at radius 1 is 1.17 bits per heavy atom. The number of nitrogens with two attached hydrogens (primary N) is 1. The standard InChI is InChI=1S/C17H22N6/c1-3-4-9-19-16-15-14(21-17(18)22-16)8-10-23(15)11-13-7-5-6-12(2)20-13/h5-8,10H,3-4,9,11H2,1-2H3,(H3,18,19,21,22). The number of hydrogen-bond acceptors (Lipinski definition) is 5. The highest BCUT2D eigenvalue weighted by Gasteiger charge is 2.11. The van der Waals surface area contributed by atoms with E-state index in [0.29, 0.717) is 12.5 Å². The lowest BCUT2D eigenvalue weighted by Gasteiger charge is -2.11. The molecule has 0 aliphatic heterocycles. The third kappa shape index (κ3) is 3.41. The number of unbranched alkanes of at least 4 members (excludes halogenated alkanes) is 1. The molecule has 0 aromatic carbocycles. The van der Waals surface area contributed by atoms with Gasteiger partial charge in [-0.2, -0.15) is 4.98 Å². The normalized spacial score (nSPS) is 11.0. The molecule has 6 heteroatoms. The van der Waals surface area contributed by atoms with Gasteiger partial charge in [0.2, 0.25) is 5.95 Å². The Morgan fingerprint density at radius 2 is 2.04 bits per heavy atom. The molecule has 0 bridgehead atoms. The predicted octanol–water partition coefficient (Wildman–Crippen LogP) is 2.98. The van der Waals surface area contributed by atoms with Gasteiger partial charge in [-0.15, -0.1) is 0 Å². The molecule has 0 spiro atoms. The van der Waals surface area contributed by atoms with Gasteiger partial charge in [-0.25, -0.2) is 4.98 Å². The second kappa shape index (κ2) is 6.64. The third-order valence-corrected chi connectivity index (χ3v) is 3.73. The van der Waals surface area contributed by atoms with E-state index in [4.69, 9.17) is 5.73 Å². The van der Waals surface area contributed by atoms with Crippen LogP contribution in [0.4, 0.5) is 11.8 Å². The summed E-state index contributed by atoms with van der Waals surface area (Å²) in [6, 6.07) is 8.02. The van der Waals surface area contributed by atoms with Gasteiger partial charge >= 0.3 is 0 Å². The molecule has 3 heterocycles. The summed E-state index contributed by atoms with van der Waals surface area (Å²) >= 11 is 0. The van der Waals surface area contributed by atoms with Crippen LogP contribution < -0.4 is 11.1 Å². The number of anilines is 2. The van der Waals surface area contributed by atoms with Crippen LogP contribution in [0.15, 0.2) is 30.5 Å². The maximum Gasteiger partial charge on any atom is 0.222 e. The fraction of sp³-hybridized carbons (Fsp3) is 0.353. The first-order chi connectivity index (χ1) is 11.2. The van der Waals surface area contributed by atoms with Crippen molar-refractivity contribution in [1.29, 1.82) is 0 Å². The molecule has 0 radical (unpaired) electrons. The van der Waals surface area contributed by atoms with Gasteiger partial charge in [0.05, 0.1) is 17.8 Å². The summed E-state index contributed by atoms with van der Waals surface area (Å²) < 4.78 is 2.12. The minimum atomic E-state index is 0.294. The lowest BCUT2D eigenvalue weighted by atomic mass is 10.3. The molecule has 3 N–H and O–H groups in total. The molecule has 0 saturated heterocycles. The highest BCUT2D eigenvalue weighted by molar-refractivity contribution is 5.87. The highest BCUT2D eigenvalue weighted by Crippen LogP contribution is 2.23. The van der Waals surface area contributed by atoms with Crippen molar-refractivity contribution in [3.05, 3.63) is 41.9 Å². The highest BCUT2D eigenvalue weighted by atomic mass is 15.1. The van der Waals surface area contributed by atoms with Crippen LogP contribution in [-0.4, -0.2) is 26.1 Å². The molecule has 6 nitrogen and oxygen atoms in total. The average molecular weight is 310 g/mol. The Morgan fingerprint density at radius 3 is 2.83 bits per heavy atom. The minimum absolute atomic E-state index is 0.294. The average Bonchev–Trinajstić information content (AvgIpc) is 2.90. The number of aromatic nitrogens is 4.